The highest BCUT2D eigenvalue weighted by molar-refractivity contribution is 7.22. The zero-order valence-electron chi connectivity index (χ0n) is 14.1. The molecule has 4 nitrogen and oxygen atoms in total. The highest BCUT2D eigenvalue weighted by atomic mass is 32.1. The predicted molar refractivity (Wildman–Crippen MR) is 108 cm³/mol. The molecule has 0 aliphatic carbocycles. The maximum Gasteiger partial charge on any atom is 0.250 e. The number of benzene rings is 3. The molecule has 5 heteroatoms. The van der Waals surface area contributed by atoms with E-state index in [0.29, 0.717) is 5.13 Å². The number of fused-ring (bicyclic) bond motifs is 3. The van der Waals surface area contributed by atoms with Crippen LogP contribution in [0.2, 0.25) is 0 Å². The van der Waals surface area contributed by atoms with Crippen LogP contribution in [0.5, 0.6) is 5.75 Å². The molecule has 1 amide bonds. The second kappa shape index (κ2) is 6.98. The molecule has 3 aromatic carbocycles. The molecule has 0 saturated heterocycles. The van der Waals surface area contributed by atoms with Crippen LogP contribution in [0.1, 0.15) is 5.56 Å². The van der Waals surface area contributed by atoms with E-state index in [1.54, 1.807) is 13.2 Å². The third-order valence-corrected chi connectivity index (χ3v) is 5.00. The minimum atomic E-state index is -0.223. The summed E-state index contributed by atoms with van der Waals surface area (Å²) in [6.07, 6.45) is 3.22. The summed E-state index contributed by atoms with van der Waals surface area (Å²) in [6.45, 7) is 0. The molecule has 26 heavy (non-hydrogen) atoms. The van der Waals surface area contributed by atoms with E-state index in [1.165, 1.54) is 17.4 Å². The van der Waals surface area contributed by atoms with Crippen LogP contribution in [0.3, 0.4) is 0 Å². The van der Waals surface area contributed by atoms with Crippen molar-refractivity contribution in [3.8, 4) is 5.75 Å². The van der Waals surface area contributed by atoms with E-state index in [1.807, 2.05) is 48.5 Å². The number of aromatic nitrogens is 1. The Balaban J connectivity index is 1.58. The van der Waals surface area contributed by atoms with Gasteiger partial charge in [0.15, 0.2) is 5.13 Å². The SMILES string of the molecule is COc1ccccc1C=CC(=O)Nc1nc2c(ccc3ccccc32)s1. The largest absolute Gasteiger partial charge is 0.496 e. The average Bonchev–Trinajstić information content (AvgIpc) is 3.09. The van der Waals surface area contributed by atoms with E-state index in [0.717, 1.165) is 32.3 Å². The highest BCUT2D eigenvalue weighted by Crippen LogP contribution is 2.31. The number of carbonyl (C=O) groups excluding carboxylic acids is 1. The Morgan fingerprint density at radius 3 is 2.77 bits per heavy atom. The minimum absolute atomic E-state index is 0.223. The lowest BCUT2D eigenvalue weighted by atomic mass is 10.1. The van der Waals surface area contributed by atoms with Crippen molar-refractivity contribution < 1.29 is 9.53 Å². The van der Waals surface area contributed by atoms with Crippen LogP contribution in [0, 0.1) is 0 Å². The first-order chi connectivity index (χ1) is 12.7. The first-order valence-corrected chi connectivity index (χ1v) is 8.96. The Labute approximate surface area is 154 Å². The van der Waals surface area contributed by atoms with Crippen LogP contribution >= 0.6 is 11.3 Å². The van der Waals surface area contributed by atoms with E-state index < -0.39 is 0 Å². The summed E-state index contributed by atoms with van der Waals surface area (Å²) in [5, 5.41) is 5.66. The topological polar surface area (TPSA) is 51.2 Å². The number of anilines is 1. The first kappa shape index (κ1) is 16.3. The fourth-order valence-corrected chi connectivity index (χ4v) is 3.72. The zero-order valence-corrected chi connectivity index (χ0v) is 14.9. The van der Waals surface area contributed by atoms with Gasteiger partial charge in [0.25, 0.3) is 0 Å². The molecule has 1 N–H and O–H groups in total. The molecule has 0 saturated carbocycles. The van der Waals surface area contributed by atoms with E-state index in [4.69, 9.17) is 4.74 Å². The third-order valence-electron chi connectivity index (χ3n) is 4.07. The van der Waals surface area contributed by atoms with Crippen molar-refractivity contribution >= 4 is 49.4 Å². The van der Waals surface area contributed by atoms with Crippen molar-refractivity contribution in [1.29, 1.82) is 0 Å². The maximum absolute atomic E-state index is 12.3. The molecule has 0 radical (unpaired) electrons. The number of carbonyl (C=O) groups is 1. The van der Waals surface area contributed by atoms with E-state index >= 15 is 0 Å². The average molecular weight is 360 g/mol. The molecule has 1 heterocycles. The number of thiazole rings is 1. The van der Waals surface area contributed by atoms with Gasteiger partial charge in [0.2, 0.25) is 5.91 Å². The molecular formula is C21H16N2O2S. The van der Waals surface area contributed by atoms with Gasteiger partial charge < -0.3 is 4.74 Å². The summed E-state index contributed by atoms with van der Waals surface area (Å²) >= 11 is 1.47. The van der Waals surface area contributed by atoms with Crippen molar-refractivity contribution in [2.24, 2.45) is 0 Å². The van der Waals surface area contributed by atoms with E-state index in [9.17, 15) is 4.79 Å². The van der Waals surface area contributed by atoms with Gasteiger partial charge in [0.1, 0.15) is 5.75 Å². The lowest BCUT2D eigenvalue weighted by Gasteiger charge is -2.03. The maximum atomic E-state index is 12.3. The van der Waals surface area contributed by atoms with Gasteiger partial charge in [-0.25, -0.2) is 4.98 Å². The lowest BCUT2D eigenvalue weighted by molar-refractivity contribution is -0.111. The van der Waals surface area contributed by atoms with Crippen LogP contribution < -0.4 is 10.1 Å². The Morgan fingerprint density at radius 1 is 1.08 bits per heavy atom. The first-order valence-electron chi connectivity index (χ1n) is 8.15. The molecule has 4 aromatic rings. The monoisotopic (exact) mass is 360 g/mol. The summed E-state index contributed by atoms with van der Waals surface area (Å²) in [7, 11) is 1.61. The summed E-state index contributed by atoms with van der Waals surface area (Å²) in [6, 6.07) is 19.8. The summed E-state index contributed by atoms with van der Waals surface area (Å²) in [4.78, 5) is 16.9. The molecule has 0 aliphatic heterocycles. The molecule has 0 bridgehead atoms. The van der Waals surface area contributed by atoms with Crippen LogP contribution in [-0.2, 0) is 4.79 Å². The Morgan fingerprint density at radius 2 is 1.88 bits per heavy atom. The standard InChI is InChI=1S/C21H16N2O2S/c1-25-17-9-5-3-7-15(17)11-13-19(24)22-21-23-20-16-8-4-2-6-14(16)10-12-18(20)26-21/h2-13H,1H3,(H,22,23,24). The number of nitrogens with zero attached hydrogens (tertiary/aromatic N) is 1. The van der Waals surface area contributed by atoms with Gasteiger partial charge in [-0.05, 0) is 23.6 Å². The number of methoxy groups -OCH3 is 1. The highest BCUT2D eigenvalue weighted by Gasteiger charge is 2.09. The lowest BCUT2D eigenvalue weighted by Crippen LogP contribution is -2.07. The van der Waals surface area contributed by atoms with Gasteiger partial charge in [-0.1, -0.05) is 59.9 Å². The van der Waals surface area contributed by atoms with Gasteiger partial charge in [-0.3, -0.25) is 10.1 Å². The number of nitrogens with one attached hydrogen (secondary N) is 1. The molecular weight excluding hydrogens is 344 g/mol. The summed E-state index contributed by atoms with van der Waals surface area (Å²) in [5.74, 6) is 0.502. The normalized spacial score (nSPS) is 11.3. The molecule has 0 aliphatic rings. The number of para-hydroxylation sites is 1. The number of rotatable bonds is 4. The van der Waals surface area contributed by atoms with Crippen molar-refractivity contribution in [3.05, 3.63) is 72.3 Å². The fourth-order valence-electron chi connectivity index (χ4n) is 2.83. The Bertz CT molecular complexity index is 1130. The molecule has 128 valence electrons. The Hall–Kier alpha value is -3.18. The van der Waals surface area contributed by atoms with Gasteiger partial charge in [0, 0.05) is 17.0 Å². The summed E-state index contributed by atoms with van der Waals surface area (Å²) in [5.41, 5.74) is 1.76. The van der Waals surface area contributed by atoms with Gasteiger partial charge in [-0.2, -0.15) is 0 Å². The van der Waals surface area contributed by atoms with Gasteiger partial charge in [-0.15, -0.1) is 0 Å². The van der Waals surface area contributed by atoms with Crippen molar-refractivity contribution in [3.63, 3.8) is 0 Å². The third kappa shape index (κ3) is 3.17. The minimum Gasteiger partial charge on any atom is -0.496 e. The van der Waals surface area contributed by atoms with E-state index in [2.05, 4.69) is 22.4 Å². The van der Waals surface area contributed by atoms with Crippen LogP contribution in [0.4, 0.5) is 5.13 Å². The molecule has 1 aromatic heterocycles. The quantitative estimate of drug-likeness (QED) is 0.515. The van der Waals surface area contributed by atoms with Gasteiger partial charge in [0.05, 0.1) is 17.3 Å². The number of hydrogen-bond donors (Lipinski definition) is 1. The number of amides is 1. The summed E-state index contributed by atoms with van der Waals surface area (Å²) < 4.78 is 6.33. The zero-order chi connectivity index (χ0) is 17.9. The van der Waals surface area contributed by atoms with Crippen molar-refractivity contribution in [1.82, 2.24) is 4.98 Å². The molecule has 0 unspecified atom stereocenters. The fraction of sp³-hybridized carbons (Fsp3) is 0.0476. The molecule has 4 rings (SSSR count). The van der Waals surface area contributed by atoms with Crippen molar-refractivity contribution in [2.45, 2.75) is 0 Å². The van der Waals surface area contributed by atoms with Crippen LogP contribution in [0.15, 0.2) is 66.7 Å². The van der Waals surface area contributed by atoms with Gasteiger partial charge >= 0.3 is 0 Å². The second-order valence-electron chi connectivity index (χ2n) is 5.72. The Kier molecular flexibility index (Phi) is 4.37. The van der Waals surface area contributed by atoms with Crippen LogP contribution in [-0.4, -0.2) is 18.0 Å². The molecule has 0 fully saturated rings. The van der Waals surface area contributed by atoms with E-state index in [-0.39, 0.29) is 5.91 Å². The second-order valence-corrected chi connectivity index (χ2v) is 6.75. The number of ether oxygens (including phenoxy) is 1. The molecule has 0 atom stereocenters. The number of hydrogen-bond acceptors (Lipinski definition) is 4. The van der Waals surface area contributed by atoms with Crippen LogP contribution in [0.25, 0.3) is 27.1 Å². The smallest absolute Gasteiger partial charge is 0.250 e. The van der Waals surface area contributed by atoms with Crippen molar-refractivity contribution in [2.75, 3.05) is 12.4 Å². The predicted octanol–water partition coefficient (Wildman–Crippen LogP) is 5.11. The molecule has 0 spiro atoms.